The summed E-state index contributed by atoms with van der Waals surface area (Å²) in [4.78, 5) is 12.9. The number of benzene rings is 2. The van der Waals surface area contributed by atoms with Gasteiger partial charge in [0.25, 0.3) is 0 Å². The summed E-state index contributed by atoms with van der Waals surface area (Å²) in [5.41, 5.74) is 5.34. The minimum Gasteiger partial charge on any atom is -0.293 e. The van der Waals surface area contributed by atoms with Gasteiger partial charge in [-0.2, -0.15) is 0 Å². The third-order valence-electron chi connectivity index (χ3n) is 4.59. The monoisotopic (exact) mass is 264 g/mol. The second-order valence-corrected chi connectivity index (χ2v) is 6.19. The lowest BCUT2D eigenvalue weighted by Gasteiger charge is -2.34. The Labute approximate surface area is 120 Å². The average Bonchev–Trinajstić information content (AvgIpc) is 2.44. The Morgan fingerprint density at radius 1 is 0.950 bits per heavy atom. The zero-order valence-corrected chi connectivity index (χ0v) is 12.4. The number of aryl methyl sites for hydroxylation is 3. The molecule has 1 heteroatoms. The predicted molar refractivity (Wildman–Crippen MR) is 82.4 cm³/mol. The summed E-state index contributed by atoms with van der Waals surface area (Å²) in [6, 6.07) is 14.6. The number of carbonyl (C=O) groups excluding carboxylic acids is 1. The van der Waals surface area contributed by atoms with Crippen LogP contribution in [0.15, 0.2) is 42.5 Å². The Balaban J connectivity index is 2.06. The maximum Gasteiger partial charge on any atom is 0.173 e. The molecule has 0 aromatic heterocycles. The van der Waals surface area contributed by atoms with Gasteiger partial charge in [0.15, 0.2) is 5.78 Å². The number of rotatable bonds is 1. The molecule has 0 radical (unpaired) electrons. The highest BCUT2D eigenvalue weighted by Gasteiger charge is 2.39. The number of hydrogen-bond acceptors (Lipinski definition) is 1. The first-order valence-electron chi connectivity index (χ1n) is 7.22. The van der Waals surface area contributed by atoms with Crippen molar-refractivity contribution in [2.75, 3.05) is 0 Å². The molecule has 20 heavy (non-hydrogen) atoms. The second kappa shape index (κ2) is 4.59. The number of Topliss-reactive ketones (excluding diaryl/α,β-unsaturated/α-hetero) is 1. The summed E-state index contributed by atoms with van der Waals surface area (Å²) in [6.07, 6.45) is 1.87. The van der Waals surface area contributed by atoms with Crippen LogP contribution >= 0.6 is 0 Å². The van der Waals surface area contributed by atoms with Crippen LogP contribution in [0, 0.1) is 13.8 Å². The van der Waals surface area contributed by atoms with Crippen LogP contribution < -0.4 is 0 Å². The van der Waals surface area contributed by atoms with E-state index in [0.29, 0.717) is 0 Å². The molecule has 3 rings (SSSR count). The predicted octanol–water partition coefficient (Wildman–Crippen LogP) is 4.39. The van der Waals surface area contributed by atoms with Crippen molar-refractivity contribution in [2.45, 2.75) is 39.0 Å². The highest BCUT2D eigenvalue weighted by atomic mass is 16.1. The highest BCUT2D eigenvalue weighted by molar-refractivity contribution is 6.06. The average molecular weight is 264 g/mol. The molecule has 0 heterocycles. The van der Waals surface area contributed by atoms with E-state index < -0.39 is 0 Å². The molecule has 0 amide bonds. The largest absolute Gasteiger partial charge is 0.293 e. The van der Waals surface area contributed by atoms with Crippen molar-refractivity contribution >= 4 is 5.78 Å². The standard InChI is InChI=1S/C19H20O/c1-13-4-7-16(8-5-13)19(3)11-10-15-12-14(2)6-9-17(15)18(19)20/h4-9,12H,10-11H2,1-3H3/t19-/m1/s1. The highest BCUT2D eigenvalue weighted by Crippen LogP contribution is 2.38. The molecule has 0 aliphatic heterocycles. The first-order valence-corrected chi connectivity index (χ1v) is 7.22. The lowest BCUT2D eigenvalue weighted by molar-refractivity contribution is 0.0875. The molecule has 0 unspecified atom stereocenters. The zero-order valence-electron chi connectivity index (χ0n) is 12.4. The molecule has 1 aliphatic rings. The lowest BCUT2D eigenvalue weighted by Crippen LogP contribution is -2.37. The quantitative estimate of drug-likeness (QED) is 0.746. The summed E-state index contributed by atoms with van der Waals surface area (Å²) >= 11 is 0. The molecule has 0 saturated carbocycles. The van der Waals surface area contributed by atoms with Crippen molar-refractivity contribution < 1.29 is 4.79 Å². The fourth-order valence-electron chi connectivity index (χ4n) is 3.14. The van der Waals surface area contributed by atoms with Crippen molar-refractivity contribution in [3.63, 3.8) is 0 Å². The maximum absolute atomic E-state index is 12.9. The van der Waals surface area contributed by atoms with Gasteiger partial charge < -0.3 is 0 Å². The van der Waals surface area contributed by atoms with E-state index in [2.05, 4.69) is 51.1 Å². The van der Waals surface area contributed by atoms with E-state index in [9.17, 15) is 4.79 Å². The molecule has 0 bridgehead atoms. The number of carbonyl (C=O) groups is 1. The van der Waals surface area contributed by atoms with E-state index in [1.54, 1.807) is 0 Å². The Morgan fingerprint density at radius 3 is 2.30 bits per heavy atom. The molecule has 0 spiro atoms. The normalized spacial score (nSPS) is 21.6. The Bertz CT molecular complexity index is 667. The van der Waals surface area contributed by atoms with Gasteiger partial charge in [-0.3, -0.25) is 4.79 Å². The van der Waals surface area contributed by atoms with Crippen LogP contribution in [-0.2, 0) is 11.8 Å². The second-order valence-electron chi connectivity index (χ2n) is 6.19. The minimum absolute atomic E-state index is 0.266. The smallest absolute Gasteiger partial charge is 0.173 e. The first kappa shape index (κ1) is 13.1. The van der Waals surface area contributed by atoms with Crippen molar-refractivity contribution in [1.82, 2.24) is 0 Å². The molecule has 102 valence electrons. The zero-order chi connectivity index (χ0) is 14.3. The third-order valence-corrected chi connectivity index (χ3v) is 4.59. The Hall–Kier alpha value is -1.89. The van der Waals surface area contributed by atoms with Crippen molar-refractivity contribution in [1.29, 1.82) is 0 Å². The molecule has 1 atom stereocenters. The number of ketones is 1. The van der Waals surface area contributed by atoms with E-state index in [0.717, 1.165) is 24.0 Å². The minimum atomic E-state index is -0.379. The van der Waals surface area contributed by atoms with E-state index in [-0.39, 0.29) is 11.2 Å². The lowest BCUT2D eigenvalue weighted by atomic mass is 9.67. The van der Waals surface area contributed by atoms with Gasteiger partial charge in [0.1, 0.15) is 0 Å². The molecule has 0 saturated heterocycles. The van der Waals surface area contributed by atoms with Crippen LogP contribution in [0.2, 0.25) is 0 Å². The fourth-order valence-corrected chi connectivity index (χ4v) is 3.14. The fraction of sp³-hybridized carbons (Fsp3) is 0.316. The van der Waals surface area contributed by atoms with Crippen molar-refractivity contribution in [3.8, 4) is 0 Å². The van der Waals surface area contributed by atoms with Gasteiger partial charge in [-0.1, -0.05) is 53.6 Å². The van der Waals surface area contributed by atoms with Crippen molar-refractivity contribution in [2.24, 2.45) is 0 Å². The number of hydrogen-bond donors (Lipinski definition) is 0. The van der Waals surface area contributed by atoms with E-state index in [4.69, 9.17) is 0 Å². The van der Waals surface area contributed by atoms with Gasteiger partial charge in [0.2, 0.25) is 0 Å². The molecular formula is C19H20O. The Morgan fingerprint density at radius 2 is 1.60 bits per heavy atom. The van der Waals surface area contributed by atoms with E-state index in [1.807, 2.05) is 12.1 Å². The molecule has 1 aliphatic carbocycles. The van der Waals surface area contributed by atoms with E-state index >= 15 is 0 Å². The summed E-state index contributed by atoms with van der Waals surface area (Å²) in [6.45, 7) is 6.24. The van der Waals surface area contributed by atoms with Gasteiger partial charge in [0, 0.05) is 5.56 Å². The molecular weight excluding hydrogens is 244 g/mol. The number of fused-ring (bicyclic) bond motifs is 1. The van der Waals surface area contributed by atoms with Gasteiger partial charge in [0.05, 0.1) is 5.41 Å². The van der Waals surface area contributed by atoms with Crippen LogP contribution in [-0.4, -0.2) is 5.78 Å². The molecule has 2 aromatic carbocycles. The first-order chi connectivity index (χ1) is 9.50. The van der Waals surface area contributed by atoms with Crippen molar-refractivity contribution in [3.05, 3.63) is 70.3 Å². The van der Waals surface area contributed by atoms with Gasteiger partial charge in [-0.15, -0.1) is 0 Å². The van der Waals surface area contributed by atoms with Crippen LogP contribution in [0.3, 0.4) is 0 Å². The van der Waals surface area contributed by atoms with Gasteiger partial charge >= 0.3 is 0 Å². The summed E-state index contributed by atoms with van der Waals surface area (Å²) in [5, 5.41) is 0. The van der Waals surface area contributed by atoms with Crippen LogP contribution in [0.1, 0.15) is 46.0 Å². The van der Waals surface area contributed by atoms with Gasteiger partial charge in [-0.25, -0.2) is 0 Å². The molecule has 0 fully saturated rings. The molecule has 0 N–H and O–H groups in total. The maximum atomic E-state index is 12.9. The summed E-state index contributed by atoms with van der Waals surface area (Å²) in [5.74, 6) is 0.266. The Kier molecular flexibility index (Phi) is 3.01. The third kappa shape index (κ3) is 1.98. The van der Waals surface area contributed by atoms with E-state index in [1.165, 1.54) is 16.7 Å². The van der Waals surface area contributed by atoms with Crippen LogP contribution in [0.5, 0.6) is 0 Å². The molecule has 1 nitrogen and oxygen atoms in total. The molecule has 2 aromatic rings. The van der Waals surface area contributed by atoms with Gasteiger partial charge in [-0.05, 0) is 44.7 Å². The summed E-state index contributed by atoms with van der Waals surface area (Å²) < 4.78 is 0. The van der Waals surface area contributed by atoms with Crippen LogP contribution in [0.4, 0.5) is 0 Å². The topological polar surface area (TPSA) is 17.1 Å². The van der Waals surface area contributed by atoms with Crippen LogP contribution in [0.25, 0.3) is 0 Å². The summed E-state index contributed by atoms with van der Waals surface area (Å²) in [7, 11) is 0. The SMILES string of the molecule is Cc1ccc([C@@]2(C)CCc3cc(C)ccc3C2=O)cc1.